The highest BCUT2D eigenvalue weighted by Gasteiger charge is 2.32. The monoisotopic (exact) mass is 368 g/mol. The first kappa shape index (κ1) is 17.9. The molecule has 1 aliphatic rings. The third-order valence-electron chi connectivity index (χ3n) is 5.46. The minimum Gasteiger partial charge on any atom is -0.423 e. The SMILES string of the molecule is Cc1cc(C[C@@H]2CN(Cc3cc(=O)oc4cc(C)c(C)cc34)C[C@@H]2O)on1. The van der Waals surface area contributed by atoms with Gasteiger partial charge in [0.1, 0.15) is 11.3 Å². The third-order valence-corrected chi connectivity index (χ3v) is 5.46. The van der Waals surface area contributed by atoms with E-state index in [0.29, 0.717) is 25.1 Å². The van der Waals surface area contributed by atoms with E-state index in [0.717, 1.165) is 40.1 Å². The molecule has 3 aromatic rings. The van der Waals surface area contributed by atoms with E-state index in [1.54, 1.807) is 6.07 Å². The van der Waals surface area contributed by atoms with Crippen molar-refractivity contribution < 1.29 is 14.0 Å². The molecule has 27 heavy (non-hydrogen) atoms. The van der Waals surface area contributed by atoms with E-state index >= 15 is 0 Å². The maximum Gasteiger partial charge on any atom is 0.336 e. The summed E-state index contributed by atoms with van der Waals surface area (Å²) in [5.41, 5.74) is 4.33. The Labute approximate surface area is 157 Å². The number of aromatic nitrogens is 1. The van der Waals surface area contributed by atoms with Crippen molar-refractivity contribution in [3.8, 4) is 0 Å². The van der Waals surface area contributed by atoms with E-state index in [9.17, 15) is 9.90 Å². The summed E-state index contributed by atoms with van der Waals surface area (Å²) >= 11 is 0. The van der Waals surface area contributed by atoms with Crippen molar-refractivity contribution in [3.05, 3.63) is 62.8 Å². The number of hydrogen-bond acceptors (Lipinski definition) is 6. The van der Waals surface area contributed by atoms with E-state index in [2.05, 4.69) is 23.0 Å². The highest BCUT2D eigenvalue weighted by atomic mass is 16.5. The predicted octanol–water partition coefficient (Wildman–Crippen LogP) is 2.74. The molecule has 1 N–H and O–H groups in total. The van der Waals surface area contributed by atoms with Gasteiger partial charge in [0.25, 0.3) is 0 Å². The van der Waals surface area contributed by atoms with Crippen molar-refractivity contribution in [1.82, 2.24) is 10.1 Å². The molecule has 2 aromatic heterocycles. The van der Waals surface area contributed by atoms with Crippen molar-refractivity contribution in [2.75, 3.05) is 13.1 Å². The lowest BCUT2D eigenvalue weighted by atomic mass is 10.0. The van der Waals surface area contributed by atoms with Crippen LogP contribution >= 0.6 is 0 Å². The van der Waals surface area contributed by atoms with Gasteiger partial charge in [-0.15, -0.1) is 0 Å². The van der Waals surface area contributed by atoms with E-state index in [1.807, 2.05) is 26.0 Å². The molecule has 6 heteroatoms. The number of fused-ring (bicyclic) bond motifs is 1. The summed E-state index contributed by atoms with van der Waals surface area (Å²) in [6.07, 6.45) is 0.236. The number of aliphatic hydroxyl groups excluding tert-OH is 1. The van der Waals surface area contributed by atoms with E-state index in [1.165, 1.54) is 0 Å². The van der Waals surface area contributed by atoms with E-state index in [-0.39, 0.29) is 11.5 Å². The topological polar surface area (TPSA) is 79.7 Å². The molecule has 4 rings (SSSR count). The van der Waals surface area contributed by atoms with Gasteiger partial charge in [-0.05, 0) is 49.6 Å². The van der Waals surface area contributed by atoms with Crippen molar-refractivity contribution in [2.24, 2.45) is 5.92 Å². The Kier molecular flexibility index (Phi) is 4.61. The zero-order chi connectivity index (χ0) is 19.1. The smallest absolute Gasteiger partial charge is 0.336 e. The average molecular weight is 368 g/mol. The molecular weight excluding hydrogens is 344 g/mol. The lowest BCUT2D eigenvalue weighted by Crippen LogP contribution is -2.22. The van der Waals surface area contributed by atoms with Gasteiger partial charge in [0.05, 0.1) is 11.8 Å². The molecule has 6 nitrogen and oxygen atoms in total. The van der Waals surface area contributed by atoms with Crippen LogP contribution in [0.5, 0.6) is 0 Å². The largest absolute Gasteiger partial charge is 0.423 e. The van der Waals surface area contributed by atoms with Crippen molar-refractivity contribution >= 4 is 11.0 Å². The second-order valence-corrected chi connectivity index (χ2v) is 7.68. The van der Waals surface area contributed by atoms with Crippen LogP contribution in [-0.2, 0) is 13.0 Å². The summed E-state index contributed by atoms with van der Waals surface area (Å²) < 4.78 is 10.7. The van der Waals surface area contributed by atoms with Crippen LogP contribution in [0.25, 0.3) is 11.0 Å². The lowest BCUT2D eigenvalue weighted by molar-refractivity contribution is 0.137. The molecule has 0 spiro atoms. The molecule has 1 aliphatic heterocycles. The zero-order valence-corrected chi connectivity index (χ0v) is 15.9. The number of likely N-dealkylation sites (tertiary alicyclic amines) is 1. The van der Waals surface area contributed by atoms with Gasteiger partial charge < -0.3 is 14.0 Å². The zero-order valence-electron chi connectivity index (χ0n) is 15.9. The van der Waals surface area contributed by atoms with Crippen molar-refractivity contribution in [3.63, 3.8) is 0 Å². The Bertz CT molecular complexity index is 1040. The summed E-state index contributed by atoms with van der Waals surface area (Å²) in [6, 6.07) is 7.47. The molecule has 0 radical (unpaired) electrons. The second kappa shape index (κ2) is 6.94. The van der Waals surface area contributed by atoms with Gasteiger partial charge in [-0.25, -0.2) is 4.79 Å². The number of aliphatic hydroxyl groups is 1. The van der Waals surface area contributed by atoms with E-state index in [4.69, 9.17) is 8.94 Å². The van der Waals surface area contributed by atoms with E-state index < -0.39 is 6.10 Å². The molecule has 1 aromatic carbocycles. The third kappa shape index (κ3) is 3.68. The Balaban J connectivity index is 1.56. The van der Waals surface area contributed by atoms with Gasteiger partial charge in [0, 0.05) is 49.5 Å². The van der Waals surface area contributed by atoms with Crippen LogP contribution < -0.4 is 5.63 Å². The minimum absolute atomic E-state index is 0.0905. The Morgan fingerprint density at radius 3 is 2.67 bits per heavy atom. The van der Waals surface area contributed by atoms with Gasteiger partial charge >= 0.3 is 5.63 Å². The second-order valence-electron chi connectivity index (χ2n) is 7.68. The molecule has 0 aliphatic carbocycles. The molecule has 0 saturated carbocycles. The first-order valence-corrected chi connectivity index (χ1v) is 9.25. The fourth-order valence-electron chi connectivity index (χ4n) is 3.90. The summed E-state index contributed by atoms with van der Waals surface area (Å²) in [6.45, 7) is 7.87. The van der Waals surface area contributed by atoms with Gasteiger partial charge in [-0.3, -0.25) is 4.90 Å². The number of aryl methyl sites for hydroxylation is 3. The lowest BCUT2D eigenvalue weighted by Gasteiger charge is -2.17. The minimum atomic E-state index is -0.425. The normalized spacial score (nSPS) is 20.6. The van der Waals surface area contributed by atoms with Crippen LogP contribution in [0, 0.1) is 26.7 Å². The average Bonchev–Trinajstić information content (AvgIpc) is 3.15. The van der Waals surface area contributed by atoms with Crippen LogP contribution in [0.2, 0.25) is 0 Å². The molecule has 0 unspecified atom stereocenters. The number of rotatable bonds is 4. The van der Waals surface area contributed by atoms with Crippen molar-refractivity contribution in [2.45, 2.75) is 39.8 Å². The van der Waals surface area contributed by atoms with Gasteiger partial charge in [0.15, 0.2) is 0 Å². The first-order valence-electron chi connectivity index (χ1n) is 9.25. The number of nitrogens with zero attached hydrogens (tertiary/aromatic N) is 2. The fourth-order valence-corrected chi connectivity index (χ4v) is 3.90. The quantitative estimate of drug-likeness (QED) is 0.714. The highest BCUT2D eigenvalue weighted by molar-refractivity contribution is 5.81. The Hall–Kier alpha value is -2.44. The summed E-state index contributed by atoms with van der Waals surface area (Å²) in [5, 5.41) is 15.3. The summed E-state index contributed by atoms with van der Waals surface area (Å²) in [7, 11) is 0. The molecule has 1 fully saturated rings. The summed E-state index contributed by atoms with van der Waals surface area (Å²) in [5.74, 6) is 0.892. The fraction of sp³-hybridized carbons (Fsp3) is 0.429. The molecule has 142 valence electrons. The van der Waals surface area contributed by atoms with Crippen molar-refractivity contribution in [1.29, 1.82) is 0 Å². The molecular formula is C21H24N2O4. The van der Waals surface area contributed by atoms with Crippen LogP contribution in [0.1, 0.15) is 28.1 Å². The van der Waals surface area contributed by atoms with Crippen LogP contribution in [0.15, 0.2) is 38.0 Å². The molecule has 3 heterocycles. The number of hydrogen-bond donors (Lipinski definition) is 1. The standard InChI is InChI=1S/C21H24N2O4/c1-12-4-18-15(8-21(25)26-20(18)5-13(12)2)9-23-10-16(19(24)11-23)7-17-6-14(3)22-27-17/h4-6,8,16,19,24H,7,9-11H2,1-3H3/t16-,19+/m1/s1. The van der Waals surface area contributed by atoms with Gasteiger partial charge in [-0.2, -0.15) is 0 Å². The molecule has 2 atom stereocenters. The molecule has 1 saturated heterocycles. The van der Waals surface area contributed by atoms with Gasteiger partial charge in [-0.1, -0.05) is 5.16 Å². The predicted molar refractivity (Wildman–Crippen MR) is 102 cm³/mol. The first-order chi connectivity index (χ1) is 12.9. The maximum atomic E-state index is 12.0. The van der Waals surface area contributed by atoms with Crippen LogP contribution in [0.4, 0.5) is 0 Å². The Morgan fingerprint density at radius 1 is 1.15 bits per heavy atom. The number of benzene rings is 1. The van der Waals surface area contributed by atoms with Crippen LogP contribution in [0.3, 0.4) is 0 Å². The summed E-state index contributed by atoms with van der Waals surface area (Å²) in [4.78, 5) is 14.2. The van der Waals surface area contributed by atoms with Gasteiger partial charge in [0.2, 0.25) is 0 Å². The maximum absolute atomic E-state index is 12.0. The van der Waals surface area contributed by atoms with Crippen LogP contribution in [-0.4, -0.2) is 34.4 Å². The Morgan fingerprint density at radius 2 is 1.93 bits per heavy atom. The molecule has 0 bridgehead atoms. The highest BCUT2D eigenvalue weighted by Crippen LogP contribution is 2.27. The number of β-amino-alcohol motifs (C(OH)–C–C–N with tert-alkyl or cyclic N) is 1. The molecule has 0 amide bonds.